The van der Waals surface area contributed by atoms with Crippen LogP contribution in [0.15, 0.2) is 35.2 Å². The zero-order valence-electron chi connectivity index (χ0n) is 12.7. The molecule has 7 nitrogen and oxygen atoms in total. The van der Waals surface area contributed by atoms with E-state index in [1.54, 1.807) is 19.1 Å². The Balaban J connectivity index is 1.80. The van der Waals surface area contributed by atoms with Gasteiger partial charge in [-0.05, 0) is 19.1 Å². The maximum absolute atomic E-state index is 12.2. The number of amides is 2. The van der Waals surface area contributed by atoms with E-state index in [1.807, 2.05) is 0 Å². The average molecular weight is 346 g/mol. The lowest BCUT2D eigenvalue weighted by Crippen LogP contribution is -2.36. The van der Waals surface area contributed by atoms with Crippen LogP contribution in [0.5, 0.6) is 0 Å². The summed E-state index contributed by atoms with van der Waals surface area (Å²) in [4.78, 5) is 11.8. The minimum absolute atomic E-state index is 0.135. The summed E-state index contributed by atoms with van der Waals surface area (Å²) in [7, 11) is 0. The van der Waals surface area contributed by atoms with Gasteiger partial charge in [-0.2, -0.15) is 18.3 Å². The van der Waals surface area contributed by atoms with E-state index in [0.717, 1.165) is 12.4 Å². The zero-order valence-corrected chi connectivity index (χ0v) is 12.7. The first-order chi connectivity index (χ1) is 11.2. The van der Waals surface area contributed by atoms with Crippen LogP contribution in [0.3, 0.4) is 0 Å². The number of nitrogens with one attached hydrogen (secondary N) is 2. The van der Waals surface area contributed by atoms with Gasteiger partial charge in [-0.15, -0.1) is 0 Å². The molecule has 0 aromatic carbocycles. The Bertz CT molecular complexity index is 655. The van der Waals surface area contributed by atoms with Crippen molar-refractivity contribution in [2.75, 3.05) is 5.32 Å². The highest BCUT2D eigenvalue weighted by Crippen LogP contribution is 2.19. The van der Waals surface area contributed by atoms with Crippen molar-refractivity contribution in [2.45, 2.75) is 38.2 Å². The molecule has 0 bridgehead atoms. The highest BCUT2D eigenvalue weighted by atomic mass is 19.4. The highest BCUT2D eigenvalue weighted by molar-refractivity contribution is 5.89. The monoisotopic (exact) mass is 346 g/mol. The van der Waals surface area contributed by atoms with Gasteiger partial charge in [0.1, 0.15) is 18.4 Å². The standard InChI is InChI=1S/C14H17F3N4O3/c1-9(5-11(22)12-3-2-4-24-12)19-13(23)20-10-6-18-21(7-10)8-14(15,16)17/h2-4,6-7,9,11,22H,5,8H2,1H3,(H2,19,20,23)/t9-,11+/m1/s1. The van der Waals surface area contributed by atoms with Crippen LogP contribution in [0.1, 0.15) is 25.2 Å². The van der Waals surface area contributed by atoms with E-state index < -0.39 is 30.9 Å². The van der Waals surface area contributed by atoms with Gasteiger partial charge >= 0.3 is 12.2 Å². The third-order valence-corrected chi connectivity index (χ3v) is 3.06. The van der Waals surface area contributed by atoms with E-state index in [4.69, 9.17) is 4.42 Å². The van der Waals surface area contributed by atoms with Crippen LogP contribution < -0.4 is 10.6 Å². The number of alkyl halides is 3. The summed E-state index contributed by atoms with van der Waals surface area (Å²) < 4.78 is 42.4. The Morgan fingerprint density at radius 2 is 2.25 bits per heavy atom. The molecule has 10 heteroatoms. The first kappa shape index (κ1) is 17.9. The number of anilines is 1. The van der Waals surface area contributed by atoms with Gasteiger partial charge in [-0.3, -0.25) is 4.68 Å². The minimum Gasteiger partial charge on any atom is -0.467 e. The number of furan rings is 1. The van der Waals surface area contributed by atoms with Crippen LogP contribution in [0.25, 0.3) is 0 Å². The topological polar surface area (TPSA) is 92.3 Å². The molecule has 0 radical (unpaired) electrons. The molecule has 0 spiro atoms. The fourth-order valence-corrected chi connectivity index (χ4v) is 2.08. The lowest BCUT2D eigenvalue weighted by Gasteiger charge is -2.16. The predicted molar refractivity (Wildman–Crippen MR) is 78.2 cm³/mol. The predicted octanol–water partition coefficient (Wildman–Crippen LogP) is 2.67. The van der Waals surface area contributed by atoms with Gasteiger partial charge in [0.2, 0.25) is 0 Å². The van der Waals surface area contributed by atoms with Gasteiger partial charge in [-0.1, -0.05) is 0 Å². The second-order valence-electron chi connectivity index (χ2n) is 5.31. The summed E-state index contributed by atoms with van der Waals surface area (Å²) in [6.07, 6.45) is -1.41. The van der Waals surface area contributed by atoms with Gasteiger partial charge in [0.15, 0.2) is 0 Å². The normalized spacial score (nSPS) is 14.2. The molecule has 2 heterocycles. The number of aromatic nitrogens is 2. The molecule has 2 rings (SSSR count). The van der Waals surface area contributed by atoms with Crippen molar-refractivity contribution >= 4 is 11.7 Å². The quantitative estimate of drug-likeness (QED) is 0.750. The average Bonchev–Trinajstić information content (AvgIpc) is 3.08. The Kier molecular flexibility index (Phi) is 5.50. The number of urea groups is 1. The lowest BCUT2D eigenvalue weighted by molar-refractivity contribution is -0.142. The summed E-state index contributed by atoms with van der Waals surface area (Å²) in [5.41, 5.74) is 0.135. The van der Waals surface area contributed by atoms with Crippen molar-refractivity contribution in [3.63, 3.8) is 0 Å². The maximum Gasteiger partial charge on any atom is 0.408 e. The van der Waals surface area contributed by atoms with Gasteiger partial charge in [0, 0.05) is 18.7 Å². The highest BCUT2D eigenvalue weighted by Gasteiger charge is 2.28. The third-order valence-electron chi connectivity index (χ3n) is 3.06. The number of hydrogen-bond acceptors (Lipinski definition) is 4. The molecule has 2 atom stereocenters. The van der Waals surface area contributed by atoms with E-state index in [0.29, 0.717) is 10.4 Å². The molecule has 0 unspecified atom stereocenters. The van der Waals surface area contributed by atoms with Crippen LogP contribution in [0.4, 0.5) is 23.7 Å². The third kappa shape index (κ3) is 5.61. The number of rotatable bonds is 6. The number of carbonyl (C=O) groups excluding carboxylic acids is 1. The SMILES string of the molecule is C[C@H](C[C@H](O)c1ccco1)NC(=O)Nc1cnn(CC(F)(F)F)c1. The van der Waals surface area contributed by atoms with Crippen LogP contribution in [-0.4, -0.2) is 33.1 Å². The molecule has 132 valence electrons. The number of aliphatic hydroxyl groups excluding tert-OH is 1. The number of aliphatic hydroxyl groups is 1. The molecule has 0 aliphatic heterocycles. The van der Waals surface area contributed by atoms with E-state index in [-0.39, 0.29) is 12.1 Å². The van der Waals surface area contributed by atoms with Gasteiger partial charge in [0.25, 0.3) is 0 Å². The van der Waals surface area contributed by atoms with E-state index in [1.165, 1.54) is 6.26 Å². The molecular formula is C14H17F3N4O3. The first-order valence-corrected chi connectivity index (χ1v) is 7.11. The van der Waals surface area contributed by atoms with Gasteiger partial charge in [0.05, 0.1) is 18.1 Å². The van der Waals surface area contributed by atoms with Crippen LogP contribution in [-0.2, 0) is 6.54 Å². The molecular weight excluding hydrogens is 329 g/mol. The molecule has 0 fully saturated rings. The fourth-order valence-electron chi connectivity index (χ4n) is 2.08. The second-order valence-corrected chi connectivity index (χ2v) is 5.31. The van der Waals surface area contributed by atoms with Crippen LogP contribution in [0, 0.1) is 0 Å². The van der Waals surface area contributed by atoms with Crippen molar-refractivity contribution in [1.82, 2.24) is 15.1 Å². The molecule has 0 saturated carbocycles. The largest absolute Gasteiger partial charge is 0.467 e. The Labute approximate surface area is 135 Å². The molecule has 2 aromatic rings. The van der Waals surface area contributed by atoms with E-state index >= 15 is 0 Å². The molecule has 3 N–H and O–H groups in total. The maximum atomic E-state index is 12.2. The van der Waals surface area contributed by atoms with E-state index in [2.05, 4.69) is 15.7 Å². The fraction of sp³-hybridized carbons (Fsp3) is 0.429. The molecule has 24 heavy (non-hydrogen) atoms. The minimum atomic E-state index is -4.39. The number of halogens is 3. The lowest BCUT2D eigenvalue weighted by atomic mass is 10.1. The molecule has 2 amide bonds. The molecule has 0 aliphatic carbocycles. The van der Waals surface area contributed by atoms with Crippen LogP contribution in [0.2, 0.25) is 0 Å². The smallest absolute Gasteiger partial charge is 0.408 e. The van der Waals surface area contributed by atoms with Crippen LogP contribution >= 0.6 is 0 Å². The van der Waals surface area contributed by atoms with Gasteiger partial charge in [-0.25, -0.2) is 4.79 Å². The summed E-state index contributed by atoms with van der Waals surface area (Å²) >= 11 is 0. The number of carbonyl (C=O) groups is 1. The van der Waals surface area contributed by atoms with Crippen molar-refractivity contribution in [3.8, 4) is 0 Å². The first-order valence-electron chi connectivity index (χ1n) is 7.11. The number of nitrogens with zero attached hydrogens (tertiary/aromatic N) is 2. The van der Waals surface area contributed by atoms with Crippen molar-refractivity contribution < 1.29 is 27.5 Å². The van der Waals surface area contributed by atoms with Crippen molar-refractivity contribution in [2.24, 2.45) is 0 Å². The summed E-state index contributed by atoms with van der Waals surface area (Å²) in [6, 6.07) is 2.25. The Morgan fingerprint density at radius 3 is 2.88 bits per heavy atom. The molecule has 2 aromatic heterocycles. The van der Waals surface area contributed by atoms with Crippen molar-refractivity contribution in [3.05, 3.63) is 36.5 Å². The summed E-state index contributed by atoms with van der Waals surface area (Å²) in [6.45, 7) is 0.445. The summed E-state index contributed by atoms with van der Waals surface area (Å²) in [5.74, 6) is 0.387. The van der Waals surface area contributed by atoms with Crippen molar-refractivity contribution in [1.29, 1.82) is 0 Å². The van der Waals surface area contributed by atoms with E-state index in [9.17, 15) is 23.1 Å². The Morgan fingerprint density at radius 1 is 1.50 bits per heavy atom. The molecule has 0 saturated heterocycles. The summed E-state index contributed by atoms with van der Waals surface area (Å²) in [5, 5.41) is 18.4. The number of hydrogen-bond donors (Lipinski definition) is 3. The second kappa shape index (κ2) is 7.39. The zero-order chi connectivity index (χ0) is 17.7. The Hall–Kier alpha value is -2.49. The molecule has 0 aliphatic rings. The van der Waals surface area contributed by atoms with Gasteiger partial charge < -0.3 is 20.2 Å².